The molecule has 1 aliphatic heterocycles. The Labute approximate surface area is 108 Å². The maximum Gasteiger partial charge on any atom is 0.306 e. The van der Waals surface area contributed by atoms with Gasteiger partial charge < -0.3 is 14.9 Å². The summed E-state index contributed by atoms with van der Waals surface area (Å²) < 4.78 is 5.47. The minimum Gasteiger partial charge on any atom is -0.481 e. The highest BCUT2D eigenvalue weighted by Gasteiger charge is 2.32. The molecule has 2 aliphatic rings. The zero-order valence-electron chi connectivity index (χ0n) is 10.8. The molecule has 1 saturated heterocycles. The number of carbonyl (C=O) groups is 1. The highest BCUT2D eigenvalue weighted by Crippen LogP contribution is 2.24. The number of carboxylic acids is 1. The first-order valence-corrected chi connectivity index (χ1v) is 6.92. The predicted octanol–water partition coefficient (Wildman–Crippen LogP) is 0.855. The molecule has 0 aromatic heterocycles. The van der Waals surface area contributed by atoms with Crippen LogP contribution in [0.15, 0.2) is 0 Å². The van der Waals surface area contributed by atoms with E-state index in [4.69, 9.17) is 9.84 Å². The van der Waals surface area contributed by atoms with Gasteiger partial charge in [-0.25, -0.2) is 0 Å². The van der Waals surface area contributed by atoms with E-state index >= 15 is 0 Å². The number of aliphatic carboxylic acids is 1. The summed E-state index contributed by atoms with van der Waals surface area (Å²) in [4.78, 5) is 13.0. The molecule has 3 unspecified atom stereocenters. The van der Waals surface area contributed by atoms with Crippen LogP contribution in [-0.4, -0.2) is 59.0 Å². The van der Waals surface area contributed by atoms with Gasteiger partial charge in [-0.1, -0.05) is 19.3 Å². The normalized spacial score (nSPS) is 35.1. The highest BCUT2D eigenvalue weighted by atomic mass is 16.5. The van der Waals surface area contributed by atoms with Crippen molar-refractivity contribution in [2.24, 2.45) is 0 Å². The Hall–Kier alpha value is -0.650. The van der Waals surface area contributed by atoms with Crippen molar-refractivity contribution >= 4 is 5.97 Å². The SMILES string of the molecule is O=C(O)CC1CN(C2CCCCCC2O)CCO1. The Morgan fingerprint density at radius 2 is 2.06 bits per heavy atom. The van der Waals surface area contributed by atoms with Crippen molar-refractivity contribution in [2.75, 3.05) is 19.7 Å². The average Bonchev–Trinajstić information content (AvgIpc) is 2.53. The number of morpholine rings is 1. The molecule has 2 N–H and O–H groups in total. The summed E-state index contributed by atoms with van der Waals surface area (Å²) in [6.45, 7) is 2.01. The van der Waals surface area contributed by atoms with Gasteiger partial charge in [0.1, 0.15) is 0 Å². The van der Waals surface area contributed by atoms with Crippen LogP contribution in [0.5, 0.6) is 0 Å². The lowest BCUT2D eigenvalue weighted by molar-refractivity contribution is -0.143. The predicted molar refractivity (Wildman–Crippen MR) is 66.4 cm³/mol. The lowest BCUT2D eigenvalue weighted by Crippen LogP contribution is -2.52. The fraction of sp³-hybridized carbons (Fsp3) is 0.923. The molecule has 0 radical (unpaired) electrons. The molecule has 0 aromatic carbocycles. The third-order valence-electron chi connectivity index (χ3n) is 3.99. The van der Waals surface area contributed by atoms with E-state index in [1.54, 1.807) is 0 Å². The van der Waals surface area contributed by atoms with Crippen molar-refractivity contribution in [3.63, 3.8) is 0 Å². The molecule has 3 atom stereocenters. The molecule has 2 fully saturated rings. The molecule has 18 heavy (non-hydrogen) atoms. The van der Waals surface area contributed by atoms with Gasteiger partial charge in [0, 0.05) is 19.1 Å². The van der Waals surface area contributed by atoms with Crippen molar-refractivity contribution < 1.29 is 19.7 Å². The van der Waals surface area contributed by atoms with Crippen molar-refractivity contribution in [3.8, 4) is 0 Å². The maximum absolute atomic E-state index is 10.7. The largest absolute Gasteiger partial charge is 0.481 e. The zero-order valence-corrected chi connectivity index (χ0v) is 10.8. The van der Waals surface area contributed by atoms with E-state index < -0.39 is 5.97 Å². The molecule has 1 saturated carbocycles. The standard InChI is InChI=1S/C13H23NO4/c15-12-5-3-1-2-4-11(12)14-6-7-18-10(9-14)8-13(16)17/h10-12,15H,1-9H2,(H,16,17). The van der Waals surface area contributed by atoms with E-state index in [-0.39, 0.29) is 24.7 Å². The van der Waals surface area contributed by atoms with E-state index in [1.165, 1.54) is 6.42 Å². The van der Waals surface area contributed by atoms with E-state index in [0.717, 1.165) is 32.2 Å². The first-order valence-electron chi connectivity index (χ1n) is 6.92. The van der Waals surface area contributed by atoms with Crippen LogP contribution in [0.25, 0.3) is 0 Å². The first kappa shape index (κ1) is 13.8. The van der Waals surface area contributed by atoms with Crippen LogP contribution in [0.1, 0.15) is 38.5 Å². The monoisotopic (exact) mass is 257 g/mol. The molecule has 0 amide bonds. The molecule has 2 rings (SSSR count). The zero-order chi connectivity index (χ0) is 13.0. The fourth-order valence-corrected chi connectivity index (χ4v) is 3.06. The van der Waals surface area contributed by atoms with Gasteiger partial charge in [0.05, 0.1) is 25.2 Å². The minimum absolute atomic E-state index is 0.0549. The molecule has 104 valence electrons. The summed E-state index contributed by atoms with van der Waals surface area (Å²) in [5, 5.41) is 19.0. The number of hydrogen-bond donors (Lipinski definition) is 2. The molecule has 5 nitrogen and oxygen atoms in total. The van der Waals surface area contributed by atoms with Gasteiger partial charge >= 0.3 is 5.97 Å². The summed E-state index contributed by atoms with van der Waals surface area (Å²) in [6, 6.07) is 0.188. The van der Waals surface area contributed by atoms with Gasteiger partial charge in [-0.15, -0.1) is 0 Å². The van der Waals surface area contributed by atoms with Crippen molar-refractivity contribution in [1.29, 1.82) is 0 Å². The Kier molecular flexibility index (Phi) is 4.97. The van der Waals surface area contributed by atoms with Crippen molar-refractivity contribution in [1.82, 2.24) is 4.90 Å². The lowest BCUT2D eigenvalue weighted by atomic mass is 10.0. The molecule has 5 heteroatoms. The smallest absolute Gasteiger partial charge is 0.306 e. The van der Waals surface area contributed by atoms with E-state index in [1.807, 2.05) is 0 Å². The van der Waals surface area contributed by atoms with Crippen LogP contribution in [0.2, 0.25) is 0 Å². The Morgan fingerprint density at radius 3 is 2.83 bits per heavy atom. The van der Waals surface area contributed by atoms with Crippen LogP contribution in [0.3, 0.4) is 0 Å². The van der Waals surface area contributed by atoms with Crippen LogP contribution in [-0.2, 0) is 9.53 Å². The Morgan fingerprint density at radius 1 is 1.28 bits per heavy atom. The summed E-state index contributed by atoms with van der Waals surface area (Å²) in [5.74, 6) is -0.816. The van der Waals surface area contributed by atoms with Crippen LogP contribution < -0.4 is 0 Å². The van der Waals surface area contributed by atoms with Gasteiger partial charge in [-0.05, 0) is 12.8 Å². The number of rotatable bonds is 3. The van der Waals surface area contributed by atoms with E-state index in [2.05, 4.69) is 4.90 Å². The molecule has 1 aliphatic carbocycles. The number of nitrogens with zero attached hydrogens (tertiary/aromatic N) is 1. The second-order valence-corrected chi connectivity index (χ2v) is 5.36. The fourth-order valence-electron chi connectivity index (χ4n) is 3.06. The number of ether oxygens (including phenoxy) is 1. The summed E-state index contributed by atoms with van der Waals surface area (Å²) >= 11 is 0. The highest BCUT2D eigenvalue weighted by molar-refractivity contribution is 5.67. The number of hydrogen-bond acceptors (Lipinski definition) is 4. The van der Waals surface area contributed by atoms with Gasteiger partial charge in [0.15, 0.2) is 0 Å². The molecule has 0 bridgehead atoms. The van der Waals surface area contributed by atoms with Crippen LogP contribution in [0, 0.1) is 0 Å². The second kappa shape index (κ2) is 6.50. The lowest BCUT2D eigenvalue weighted by Gasteiger charge is -2.39. The third-order valence-corrected chi connectivity index (χ3v) is 3.99. The molecular formula is C13H23NO4. The summed E-state index contributed by atoms with van der Waals surface area (Å²) in [7, 11) is 0. The van der Waals surface area contributed by atoms with Crippen molar-refractivity contribution in [3.05, 3.63) is 0 Å². The topological polar surface area (TPSA) is 70.0 Å². The van der Waals surface area contributed by atoms with E-state index in [0.29, 0.717) is 13.2 Å². The summed E-state index contributed by atoms with van der Waals surface area (Å²) in [5.41, 5.74) is 0. The Balaban J connectivity index is 1.92. The quantitative estimate of drug-likeness (QED) is 0.734. The van der Waals surface area contributed by atoms with Gasteiger partial charge in [0.25, 0.3) is 0 Å². The third kappa shape index (κ3) is 3.67. The molecule has 0 aromatic rings. The van der Waals surface area contributed by atoms with Crippen molar-refractivity contribution in [2.45, 2.75) is 56.8 Å². The van der Waals surface area contributed by atoms with Gasteiger partial charge in [0.2, 0.25) is 0 Å². The Bertz CT molecular complexity index is 284. The number of aliphatic hydroxyl groups is 1. The van der Waals surface area contributed by atoms with Gasteiger partial charge in [-0.2, -0.15) is 0 Å². The van der Waals surface area contributed by atoms with E-state index in [9.17, 15) is 9.90 Å². The number of aliphatic hydroxyl groups excluding tert-OH is 1. The van der Waals surface area contributed by atoms with Crippen LogP contribution in [0.4, 0.5) is 0 Å². The molecule has 1 heterocycles. The second-order valence-electron chi connectivity index (χ2n) is 5.36. The maximum atomic E-state index is 10.7. The summed E-state index contributed by atoms with van der Waals surface area (Å²) in [6.07, 6.45) is 4.88. The number of carboxylic acid groups (broad SMARTS) is 1. The first-order chi connectivity index (χ1) is 8.66. The van der Waals surface area contributed by atoms with Crippen LogP contribution >= 0.6 is 0 Å². The molecule has 0 spiro atoms. The average molecular weight is 257 g/mol. The minimum atomic E-state index is -0.816. The molecular weight excluding hydrogens is 234 g/mol. The van der Waals surface area contributed by atoms with Gasteiger partial charge in [-0.3, -0.25) is 9.69 Å².